The van der Waals surface area contributed by atoms with Crippen molar-refractivity contribution in [3.63, 3.8) is 0 Å². The molecule has 0 aliphatic rings. The van der Waals surface area contributed by atoms with E-state index in [0.717, 1.165) is 5.69 Å². The first-order chi connectivity index (χ1) is 11.2. The fraction of sp³-hybridized carbons (Fsp3) is 0.286. The van der Waals surface area contributed by atoms with Crippen LogP contribution < -0.4 is 5.32 Å². The molecule has 1 N–H and O–H groups in total. The Morgan fingerprint density at radius 1 is 1.25 bits per heavy atom. The SMILES string of the molecule is Cc1nn(C)c(C)c1NC(=O)COC(=O)c1ncc(Cl)c(Cl)c1Cl. The number of aryl methyl sites for hydroxylation is 2. The van der Waals surface area contributed by atoms with Gasteiger partial charge in [0.25, 0.3) is 5.91 Å². The smallest absolute Gasteiger partial charge is 0.359 e. The molecular formula is C14H13Cl3N4O3. The van der Waals surface area contributed by atoms with Gasteiger partial charge in [-0.15, -0.1) is 0 Å². The zero-order valence-electron chi connectivity index (χ0n) is 13.0. The van der Waals surface area contributed by atoms with Gasteiger partial charge in [0.05, 0.1) is 32.1 Å². The highest BCUT2D eigenvalue weighted by atomic mass is 35.5. The number of nitrogens with one attached hydrogen (secondary N) is 1. The number of rotatable bonds is 4. The lowest BCUT2D eigenvalue weighted by Gasteiger charge is -2.08. The number of amides is 1. The number of nitrogens with zero attached hydrogens (tertiary/aromatic N) is 3. The summed E-state index contributed by atoms with van der Waals surface area (Å²) in [5.74, 6) is -1.40. The molecule has 128 valence electrons. The Morgan fingerprint density at radius 2 is 1.92 bits per heavy atom. The molecule has 0 saturated heterocycles. The van der Waals surface area contributed by atoms with Gasteiger partial charge < -0.3 is 10.1 Å². The van der Waals surface area contributed by atoms with Crippen LogP contribution in [0.1, 0.15) is 21.9 Å². The maximum atomic E-state index is 12.0. The van der Waals surface area contributed by atoms with Gasteiger partial charge in [0, 0.05) is 13.2 Å². The van der Waals surface area contributed by atoms with Crippen molar-refractivity contribution in [1.29, 1.82) is 0 Å². The molecule has 0 aliphatic heterocycles. The van der Waals surface area contributed by atoms with Gasteiger partial charge in [0.2, 0.25) is 0 Å². The lowest BCUT2D eigenvalue weighted by Crippen LogP contribution is -2.22. The van der Waals surface area contributed by atoms with Gasteiger partial charge in [-0.05, 0) is 13.8 Å². The summed E-state index contributed by atoms with van der Waals surface area (Å²) in [5, 5.41) is 6.79. The van der Waals surface area contributed by atoms with Gasteiger partial charge in [0.15, 0.2) is 12.3 Å². The minimum atomic E-state index is -0.881. The van der Waals surface area contributed by atoms with Crippen LogP contribution in [0.4, 0.5) is 5.69 Å². The third kappa shape index (κ3) is 3.80. The van der Waals surface area contributed by atoms with E-state index < -0.39 is 18.5 Å². The van der Waals surface area contributed by atoms with Crippen molar-refractivity contribution >= 4 is 52.4 Å². The highest BCUT2D eigenvalue weighted by molar-refractivity contribution is 6.48. The molecule has 2 aromatic rings. The zero-order chi connectivity index (χ0) is 18.0. The predicted molar refractivity (Wildman–Crippen MR) is 90.9 cm³/mol. The Bertz CT molecular complexity index is 820. The van der Waals surface area contributed by atoms with Crippen molar-refractivity contribution in [3.05, 3.63) is 38.3 Å². The van der Waals surface area contributed by atoms with Crippen molar-refractivity contribution < 1.29 is 14.3 Å². The first-order valence-electron chi connectivity index (χ1n) is 6.69. The molecule has 0 aromatic carbocycles. The summed E-state index contributed by atoms with van der Waals surface area (Å²) in [6.45, 7) is 3.06. The number of aromatic nitrogens is 3. The average Bonchev–Trinajstić information content (AvgIpc) is 2.77. The third-order valence-corrected chi connectivity index (χ3v) is 4.46. The molecule has 10 heteroatoms. The Hall–Kier alpha value is -1.83. The number of carbonyl (C=O) groups is 2. The van der Waals surface area contributed by atoms with Gasteiger partial charge in [0.1, 0.15) is 0 Å². The molecule has 0 fully saturated rings. The number of anilines is 1. The quantitative estimate of drug-likeness (QED) is 0.809. The molecule has 1 amide bonds. The van der Waals surface area contributed by atoms with E-state index in [1.807, 2.05) is 0 Å². The van der Waals surface area contributed by atoms with Crippen LogP contribution in [-0.4, -0.2) is 33.2 Å². The average molecular weight is 392 g/mol. The summed E-state index contributed by atoms with van der Waals surface area (Å²) in [7, 11) is 1.76. The lowest BCUT2D eigenvalue weighted by atomic mass is 10.3. The fourth-order valence-corrected chi connectivity index (χ4v) is 2.47. The standard InChI is InChI=1S/C14H13Cl3N4O3/c1-6-12(7(2)21(3)20-6)19-9(22)5-24-14(23)13-11(17)10(16)8(15)4-18-13/h4H,5H2,1-3H3,(H,19,22). The predicted octanol–water partition coefficient (Wildman–Crippen LogP) is 3.19. The Kier molecular flexibility index (Phi) is 5.69. The molecule has 0 atom stereocenters. The second kappa shape index (κ2) is 7.38. The van der Waals surface area contributed by atoms with E-state index in [1.54, 1.807) is 25.6 Å². The number of ether oxygens (including phenoxy) is 1. The maximum absolute atomic E-state index is 12.0. The molecule has 0 unspecified atom stereocenters. The first kappa shape index (κ1) is 18.5. The van der Waals surface area contributed by atoms with E-state index in [2.05, 4.69) is 15.4 Å². The third-order valence-electron chi connectivity index (χ3n) is 3.22. The highest BCUT2D eigenvalue weighted by Gasteiger charge is 2.20. The van der Waals surface area contributed by atoms with E-state index in [1.165, 1.54) is 6.20 Å². The molecular weight excluding hydrogens is 379 g/mol. The normalized spacial score (nSPS) is 10.6. The molecule has 2 heterocycles. The number of hydrogen-bond donors (Lipinski definition) is 1. The monoisotopic (exact) mass is 390 g/mol. The fourth-order valence-electron chi connectivity index (χ4n) is 1.92. The Balaban J connectivity index is 2.02. The number of carbonyl (C=O) groups excluding carboxylic acids is 2. The number of halogens is 3. The van der Waals surface area contributed by atoms with E-state index >= 15 is 0 Å². The largest absolute Gasteiger partial charge is 0.451 e. The van der Waals surface area contributed by atoms with Gasteiger partial charge in [-0.3, -0.25) is 9.48 Å². The number of pyridine rings is 1. The lowest BCUT2D eigenvalue weighted by molar-refractivity contribution is -0.119. The molecule has 2 rings (SSSR count). The molecule has 0 saturated carbocycles. The van der Waals surface area contributed by atoms with Crippen LogP contribution in [-0.2, 0) is 16.6 Å². The van der Waals surface area contributed by atoms with Crippen LogP contribution in [0, 0.1) is 13.8 Å². The van der Waals surface area contributed by atoms with Gasteiger partial charge in [-0.25, -0.2) is 9.78 Å². The van der Waals surface area contributed by atoms with Crippen LogP contribution in [0.2, 0.25) is 15.1 Å². The molecule has 7 nitrogen and oxygen atoms in total. The van der Waals surface area contributed by atoms with Crippen LogP contribution in [0.25, 0.3) is 0 Å². The van der Waals surface area contributed by atoms with Crippen LogP contribution in [0.15, 0.2) is 6.20 Å². The van der Waals surface area contributed by atoms with Crippen molar-refractivity contribution in [3.8, 4) is 0 Å². The summed E-state index contributed by atoms with van der Waals surface area (Å²) in [6.07, 6.45) is 1.18. The molecule has 0 aliphatic carbocycles. The minimum absolute atomic E-state index is 0.00801. The van der Waals surface area contributed by atoms with E-state index in [9.17, 15) is 9.59 Å². The Morgan fingerprint density at radius 3 is 2.50 bits per heavy atom. The zero-order valence-corrected chi connectivity index (χ0v) is 15.3. The number of hydrogen-bond acceptors (Lipinski definition) is 5. The van der Waals surface area contributed by atoms with Crippen LogP contribution >= 0.6 is 34.8 Å². The molecule has 0 radical (unpaired) electrons. The summed E-state index contributed by atoms with van der Waals surface area (Å²) >= 11 is 17.5. The second-order valence-electron chi connectivity index (χ2n) is 4.88. The molecule has 24 heavy (non-hydrogen) atoms. The van der Waals surface area contributed by atoms with Gasteiger partial charge >= 0.3 is 5.97 Å². The molecule has 0 bridgehead atoms. The van der Waals surface area contributed by atoms with Crippen LogP contribution in [0.5, 0.6) is 0 Å². The van der Waals surface area contributed by atoms with Crippen molar-refractivity contribution in [2.24, 2.45) is 7.05 Å². The molecule has 2 aromatic heterocycles. The topological polar surface area (TPSA) is 86.1 Å². The van der Waals surface area contributed by atoms with E-state index in [4.69, 9.17) is 39.5 Å². The molecule has 0 spiro atoms. The summed E-state index contributed by atoms with van der Waals surface area (Å²) in [4.78, 5) is 27.7. The van der Waals surface area contributed by atoms with Crippen LogP contribution in [0.3, 0.4) is 0 Å². The number of esters is 1. The maximum Gasteiger partial charge on any atom is 0.359 e. The van der Waals surface area contributed by atoms with E-state index in [0.29, 0.717) is 11.4 Å². The van der Waals surface area contributed by atoms with Crippen molar-refractivity contribution in [2.45, 2.75) is 13.8 Å². The minimum Gasteiger partial charge on any atom is -0.451 e. The van der Waals surface area contributed by atoms with E-state index in [-0.39, 0.29) is 20.8 Å². The van der Waals surface area contributed by atoms with Crippen molar-refractivity contribution in [1.82, 2.24) is 14.8 Å². The van der Waals surface area contributed by atoms with Crippen molar-refractivity contribution in [2.75, 3.05) is 11.9 Å². The highest BCUT2D eigenvalue weighted by Crippen LogP contribution is 2.31. The second-order valence-corrected chi connectivity index (χ2v) is 6.04. The summed E-state index contributed by atoms with van der Waals surface area (Å²) < 4.78 is 6.53. The van der Waals surface area contributed by atoms with Gasteiger partial charge in [-0.1, -0.05) is 34.8 Å². The van der Waals surface area contributed by atoms with Gasteiger partial charge in [-0.2, -0.15) is 5.10 Å². The first-order valence-corrected chi connectivity index (χ1v) is 7.82. The Labute approximate surface area is 152 Å². The summed E-state index contributed by atoms with van der Waals surface area (Å²) in [6, 6.07) is 0. The summed E-state index contributed by atoms with van der Waals surface area (Å²) in [5.41, 5.74) is 1.79.